The van der Waals surface area contributed by atoms with E-state index in [1.807, 2.05) is 0 Å². The summed E-state index contributed by atoms with van der Waals surface area (Å²) >= 11 is 7.96. The summed E-state index contributed by atoms with van der Waals surface area (Å²) in [6.45, 7) is 1.10. The number of hydrogen-bond donors (Lipinski definition) is 0. The normalized spacial score (nSPS) is 19.7. The first-order valence-corrected chi connectivity index (χ1v) is 8.15. The lowest BCUT2D eigenvalue weighted by Gasteiger charge is -2.13. The van der Waals surface area contributed by atoms with Crippen LogP contribution in [0.1, 0.15) is 12.2 Å². The summed E-state index contributed by atoms with van der Waals surface area (Å²) in [6, 6.07) is 8.40. The van der Waals surface area contributed by atoms with Crippen molar-refractivity contribution in [2.24, 2.45) is 5.92 Å². The molecule has 1 fully saturated rings. The molecule has 18 heavy (non-hydrogen) atoms. The van der Waals surface area contributed by atoms with E-state index in [9.17, 15) is 0 Å². The number of imidazole rings is 1. The first kappa shape index (κ1) is 12.4. The number of nitrogens with zero attached hydrogens (tertiary/aromatic N) is 2. The van der Waals surface area contributed by atoms with E-state index in [0.717, 1.165) is 30.2 Å². The molecular weight excluding hydrogens is 264 g/mol. The molecule has 1 aliphatic rings. The largest absolute Gasteiger partial charge is 0.328 e. The van der Waals surface area contributed by atoms with Gasteiger partial charge < -0.3 is 4.57 Å². The summed E-state index contributed by atoms with van der Waals surface area (Å²) in [5.74, 6) is 5.17. The Morgan fingerprint density at radius 2 is 2.28 bits per heavy atom. The maximum Gasteiger partial charge on any atom is 0.111 e. The minimum Gasteiger partial charge on any atom is -0.328 e. The maximum atomic E-state index is 5.89. The van der Waals surface area contributed by atoms with Gasteiger partial charge in [-0.3, -0.25) is 0 Å². The zero-order chi connectivity index (χ0) is 12.4. The van der Waals surface area contributed by atoms with Crippen molar-refractivity contribution in [2.75, 3.05) is 17.4 Å². The van der Waals surface area contributed by atoms with Crippen molar-refractivity contribution in [3.05, 3.63) is 30.1 Å². The molecule has 2 nitrogen and oxygen atoms in total. The van der Waals surface area contributed by atoms with Crippen LogP contribution in [-0.2, 0) is 13.0 Å². The van der Waals surface area contributed by atoms with Gasteiger partial charge in [-0.1, -0.05) is 12.1 Å². The number of aromatic nitrogens is 2. The number of fused-ring (bicyclic) bond motifs is 1. The molecule has 3 rings (SSSR count). The van der Waals surface area contributed by atoms with Gasteiger partial charge in [0.25, 0.3) is 0 Å². The number of para-hydroxylation sites is 2. The Bertz CT molecular complexity index is 532. The van der Waals surface area contributed by atoms with Crippen molar-refractivity contribution < 1.29 is 0 Å². The first-order chi connectivity index (χ1) is 8.88. The SMILES string of the molecule is ClCCc1nc2ccccc2n1CC1CCSC1. The fourth-order valence-corrected chi connectivity index (χ4v) is 4.03. The summed E-state index contributed by atoms with van der Waals surface area (Å²) < 4.78 is 2.38. The number of hydrogen-bond acceptors (Lipinski definition) is 2. The fourth-order valence-electron chi connectivity index (χ4n) is 2.59. The van der Waals surface area contributed by atoms with Gasteiger partial charge in [0, 0.05) is 18.8 Å². The minimum absolute atomic E-state index is 0.642. The Morgan fingerprint density at radius 3 is 3.06 bits per heavy atom. The molecule has 1 atom stereocenters. The summed E-state index contributed by atoms with van der Waals surface area (Å²) in [7, 11) is 0. The molecule has 1 unspecified atom stereocenters. The molecule has 2 heterocycles. The number of aryl methyl sites for hydroxylation is 1. The zero-order valence-corrected chi connectivity index (χ0v) is 11.9. The van der Waals surface area contributed by atoms with Gasteiger partial charge in [-0.05, 0) is 36.0 Å². The predicted molar refractivity (Wildman–Crippen MR) is 79.6 cm³/mol. The third kappa shape index (κ3) is 2.39. The van der Waals surface area contributed by atoms with Crippen LogP contribution in [0.25, 0.3) is 11.0 Å². The lowest BCUT2D eigenvalue weighted by atomic mass is 10.1. The Hall–Kier alpha value is -0.670. The van der Waals surface area contributed by atoms with E-state index >= 15 is 0 Å². The highest BCUT2D eigenvalue weighted by Crippen LogP contribution is 2.27. The summed E-state index contributed by atoms with van der Waals surface area (Å²) in [6.07, 6.45) is 2.19. The van der Waals surface area contributed by atoms with E-state index in [0.29, 0.717) is 5.88 Å². The van der Waals surface area contributed by atoms with E-state index in [4.69, 9.17) is 16.6 Å². The van der Waals surface area contributed by atoms with Crippen molar-refractivity contribution in [3.63, 3.8) is 0 Å². The maximum absolute atomic E-state index is 5.89. The molecule has 0 aliphatic carbocycles. The van der Waals surface area contributed by atoms with Crippen LogP contribution in [0.15, 0.2) is 24.3 Å². The van der Waals surface area contributed by atoms with Crippen LogP contribution in [0, 0.1) is 5.92 Å². The van der Waals surface area contributed by atoms with E-state index in [2.05, 4.69) is 40.6 Å². The van der Waals surface area contributed by atoms with E-state index in [-0.39, 0.29) is 0 Å². The van der Waals surface area contributed by atoms with E-state index in [1.54, 1.807) is 0 Å². The number of halogens is 1. The molecule has 1 saturated heterocycles. The van der Waals surface area contributed by atoms with Crippen LogP contribution in [0.5, 0.6) is 0 Å². The van der Waals surface area contributed by atoms with Crippen molar-refractivity contribution in [2.45, 2.75) is 19.4 Å². The van der Waals surface area contributed by atoms with Crippen LogP contribution in [0.4, 0.5) is 0 Å². The average molecular weight is 281 g/mol. The number of benzene rings is 1. The average Bonchev–Trinajstić information content (AvgIpc) is 3.00. The molecule has 96 valence electrons. The molecule has 1 aromatic heterocycles. The third-order valence-electron chi connectivity index (χ3n) is 3.52. The van der Waals surface area contributed by atoms with Gasteiger partial charge in [-0.15, -0.1) is 11.6 Å². The van der Waals surface area contributed by atoms with Crippen molar-refractivity contribution in [1.82, 2.24) is 9.55 Å². The van der Waals surface area contributed by atoms with Crippen LogP contribution < -0.4 is 0 Å². The second kappa shape index (κ2) is 5.54. The van der Waals surface area contributed by atoms with Gasteiger partial charge in [0.1, 0.15) is 5.82 Å². The third-order valence-corrected chi connectivity index (χ3v) is 4.94. The zero-order valence-electron chi connectivity index (χ0n) is 10.3. The van der Waals surface area contributed by atoms with Gasteiger partial charge in [-0.25, -0.2) is 4.98 Å². The van der Waals surface area contributed by atoms with E-state index in [1.165, 1.54) is 23.4 Å². The number of rotatable bonds is 4. The second-order valence-corrected chi connectivity index (χ2v) is 6.32. The smallest absolute Gasteiger partial charge is 0.111 e. The van der Waals surface area contributed by atoms with Crippen LogP contribution in [0.2, 0.25) is 0 Å². The molecule has 0 spiro atoms. The van der Waals surface area contributed by atoms with Crippen LogP contribution >= 0.6 is 23.4 Å². The summed E-state index contributed by atoms with van der Waals surface area (Å²) in [4.78, 5) is 4.72. The Labute approximate surface area is 117 Å². The lowest BCUT2D eigenvalue weighted by molar-refractivity contribution is 0.490. The highest BCUT2D eigenvalue weighted by Gasteiger charge is 2.19. The van der Waals surface area contributed by atoms with Crippen molar-refractivity contribution >= 4 is 34.4 Å². The number of thioether (sulfide) groups is 1. The molecule has 0 amide bonds. The Balaban J connectivity index is 1.97. The molecule has 2 aromatic rings. The highest BCUT2D eigenvalue weighted by atomic mass is 35.5. The van der Waals surface area contributed by atoms with Gasteiger partial charge in [0.15, 0.2) is 0 Å². The first-order valence-electron chi connectivity index (χ1n) is 6.46. The predicted octanol–water partition coefficient (Wildman–Crippen LogP) is 3.57. The van der Waals surface area contributed by atoms with Gasteiger partial charge in [0.05, 0.1) is 11.0 Å². The molecule has 0 bridgehead atoms. The van der Waals surface area contributed by atoms with Crippen molar-refractivity contribution in [3.8, 4) is 0 Å². The van der Waals surface area contributed by atoms with Crippen molar-refractivity contribution in [1.29, 1.82) is 0 Å². The number of alkyl halides is 1. The molecule has 0 radical (unpaired) electrons. The molecule has 4 heteroatoms. The minimum atomic E-state index is 0.642. The summed E-state index contributed by atoms with van der Waals surface area (Å²) in [5.41, 5.74) is 2.36. The molecule has 0 N–H and O–H groups in total. The molecule has 1 aromatic carbocycles. The second-order valence-electron chi connectivity index (χ2n) is 4.80. The van der Waals surface area contributed by atoms with Gasteiger partial charge >= 0.3 is 0 Å². The van der Waals surface area contributed by atoms with Crippen LogP contribution in [0.3, 0.4) is 0 Å². The van der Waals surface area contributed by atoms with E-state index < -0.39 is 0 Å². The van der Waals surface area contributed by atoms with Gasteiger partial charge in [-0.2, -0.15) is 11.8 Å². The molecule has 0 saturated carbocycles. The topological polar surface area (TPSA) is 17.8 Å². The van der Waals surface area contributed by atoms with Crippen LogP contribution in [-0.4, -0.2) is 26.9 Å². The lowest BCUT2D eigenvalue weighted by Crippen LogP contribution is -2.13. The van der Waals surface area contributed by atoms with Gasteiger partial charge in [0.2, 0.25) is 0 Å². The highest BCUT2D eigenvalue weighted by molar-refractivity contribution is 7.99. The molecule has 1 aliphatic heterocycles. The fraction of sp³-hybridized carbons (Fsp3) is 0.500. The quantitative estimate of drug-likeness (QED) is 0.797. The molecular formula is C14H17ClN2S. The Kier molecular flexibility index (Phi) is 3.80. The monoisotopic (exact) mass is 280 g/mol. The summed E-state index contributed by atoms with van der Waals surface area (Å²) in [5, 5.41) is 0. The standard InChI is InChI=1S/C14H17ClN2S/c15-7-5-14-16-12-3-1-2-4-13(12)17(14)9-11-6-8-18-10-11/h1-4,11H,5-10H2. The Morgan fingerprint density at radius 1 is 1.39 bits per heavy atom.